The van der Waals surface area contributed by atoms with Gasteiger partial charge in [-0.3, -0.25) is 4.79 Å². The van der Waals surface area contributed by atoms with E-state index in [0.29, 0.717) is 24.7 Å². The Hall–Kier alpha value is -1.58. The zero-order valence-electron chi connectivity index (χ0n) is 13.8. The summed E-state index contributed by atoms with van der Waals surface area (Å²) < 4.78 is 30.6. The first-order chi connectivity index (χ1) is 11.4. The molecule has 1 aromatic heterocycles. The van der Waals surface area contributed by atoms with Gasteiger partial charge in [-0.05, 0) is 12.8 Å². The molecule has 1 aromatic rings. The summed E-state index contributed by atoms with van der Waals surface area (Å²) in [5, 5.41) is 2.84. The molecule has 2 atom stereocenters. The molecular weight excluding hydrogens is 332 g/mol. The minimum absolute atomic E-state index is 0.0535. The Bertz CT molecular complexity index is 701. The number of nitrogens with zero attached hydrogens (tertiary/aromatic N) is 3. The number of carbonyl (C=O) groups is 1. The third-order valence-corrected chi connectivity index (χ3v) is 6.33. The molecule has 1 aliphatic carbocycles. The number of carbonyl (C=O) groups excluding carboxylic acids is 1. The molecule has 1 saturated heterocycles. The Kier molecular flexibility index (Phi) is 4.84. The normalized spacial score (nSPS) is 24.3. The van der Waals surface area contributed by atoms with Crippen molar-refractivity contribution >= 4 is 15.9 Å². The van der Waals surface area contributed by atoms with Crippen molar-refractivity contribution in [3.63, 3.8) is 0 Å². The molecule has 24 heavy (non-hydrogen) atoms. The van der Waals surface area contributed by atoms with E-state index in [1.165, 1.54) is 30.8 Å². The molecule has 3 rings (SSSR count). The minimum atomic E-state index is -3.35. The van der Waals surface area contributed by atoms with Gasteiger partial charge in [-0.1, -0.05) is 0 Å². The Balaban J connectivity index is 1.62. The third kappa shape index (κ3) is 3.90. The van der Waals surface area contributed by atoms with Crippen LogP contribution in [-0.4, -0.2) is 67.7 Å². The number of amides is 1. The highest BCUT2D eigenvalue weighted by Gasteiger charge is 2.34. The number of hydrogen-bond acceptors (Lipinski definition) is 6. The van der Waals surface area contributed by atoms with E-state index in [-0.39, 0.29) is 23.6 Å². The third-order valence-electron chi connectivity index (χ3n) is 4.37. The first-order valence-electron chi connectivity index (χ1n) is 7.97. The van der Waals surface area contributed by atoms with Crippen molar-refractivity contribution in [1.29, 1.82) is 0 Å². The summed E-state index contributed by atoms with van der Waals surface area (Å²) >= 11 is 0. The second-order valence-electron chi connectivity index (χ2n) is 6.54. The van der Waals surface area contributed by atoms with Crippen LogP contribution in [0.1, 0.15) is 34.9 Å². The smallest absolute Gasteiger partial charge is 0.254 e. The van der Waals surface area contributed by atoms with Crippen LogP contribution < -0.4 is 5.32 Å². The molecule has 2 aliphatic rings. The monoisotopic (exact) mass is 354 g/mol. The molecule has 0 bridgehead atoms. The van der Waals surface area contributed by atoms with Gasteiger partial charge in [0.25, 0.3) is 5.91 Å². The van der Waals surface area contributed by atoms with Crippen LogP contribution in [0.2, 0.25) is 0 Å². The quantitative estimate of drug-likeness (QED) is 0.771. The van der Waals surface area contributed by atoms with Crippen molar-refractivity contribution in [1.82, 2.24) is 19.6 Å². The van der Waals surface area contributed by atoms with E-state index in [0.717, 1.165) is 18.7 Å². The topological polar surface area (TPSA) is 101 Å². The summed E-state index contributed by atoms with van der Waals surface area (Å²) in [6.07, 6.45) is 5.26. The highest BCUT2D eigenvalue weighted by molar-refractivity contribution is 7.89. The maximum absolute atomic E-state index is 12.3. The first-order valence-corrected chi connectivity index (χ1v) is 9.58. The van der Waals surface area contributed by atoms with E-state index >= 15 is 0 Å². The van der Waals surface area contributed by atoms with Gasteiger partial charge in [0.1, 0.15) is 5.82 Å². The molecule has 2 heterocycles. The lowest BCUT2D eigenvalue weighted by atomic mass is 10.1. The van der Waals surface area contributed by atoms with Gasteiger partial charge in [-0.15, -0.1) is 0 Å². The molecule has 1 amide bonds. The second kappa shape index (κ2) is 6.73. The van der Waals surface area contributed by atoms with Crippen molar-refractivity contribution < 1.29 is 17.9 Å². The predicted molar refractivity (Wildman–Crippen MR) is 87.0 cm³/mol. The Morgan fingerprint density at radius 2 is 1.96 bits per heavy atom. The van der Waals surface area contributed by atoms with Gasteiger partial charge in [0, 0.05) is 38.3 Å². The van der Waals surface area contributed by atoms with E-state index in [2.05, 4.69) is 15.3 Å². The van der Waals surface area contributed by atoms with E-state index in [1.807, 2.05) is 0 Å². The highest BCUT2D eigenvalue weighted by atomic mass is 32.2. The number of nitrogens with one attached hydrogen (secondary N) is 1. The fourth-order valence-electron chi connectivity index (χ4n) is 2.60. The molecule has 8 nitrogen and oxygen atoms in total. The van der Waals surface area contributed by atoms with Crippen molar-refractivity contribution in [3.8, 4) is 0 Å². The largest absolute Gasteiger partial charge is 0.379 e. The number of ether oxygens (including phenoxy) is 1. The first kappa shape index (κ1) is 17.2. The van der Waals surface area contributed by atoms with Gasteiger partial charge in [-0.2, -0.15) is 0 Å². The maximum atomic E-state index is 12.3. The van der Waals surface area contributed by atoms with Crippen LogP contribution in [0, 0.1) is 5.92 Å². The number of hydrogen-bond donors (Lipinski definition) is 1. The number of aromatic nitrogens is 2. The molecule has 1 saturated carbocycles. The highest BCUT2D eigenvalue weighted by Crippen LogP contribution is 2.37. The molecule has 0 spiro atoms. The van der Waals surface area contributed by atoms with E-state index in [4.69, 9.17) is 4.74 Å². The van der Waals surface area contributed by atoms with Gasteiger partial charge < -0.3 is 10.1 Å². The average Bonchev–Trinajstić information content (AvgIpc) is 3.30. The Morgan fingerprint density at radius 3 is 2.54 bits per heavy atom. The van der Waals surface area contributed by atoms with Gasteiger partial charge in [0.15, 0.2) is 0 Å². The molecule has 2 fully saturated rings. The standard InChI is InChI=1S/C15H22N4O4S/c1-19(2)24(21,22)9-12-7-23-8-13(12)18-15(20)11-5-16-14(17-6-11)10-3-4-10/h5-6,10,12-13H,3-4,7-9H2,1-2H3,(H,18,20)/t12-,13-/m0/s1. The van der Waals surface area contributed by atoms with Gasteiger partial charge in [0.2, 0.25) is 10.0 Å². The fraction of sp³-hybridized carbons (Fsp3) is 0.667. The van der Waals surface area contributed by atoms with Crippen LogP contribution in [0.5, 0.6) is 0 Å². The van der Waals surface area contributed by atoms with Crippen LogP contribution in [0.4, 0.5) is 0 Å². The van der Waals surface area contributed by atoms with Crippen LogP contribution in [-0.2, 0) is 14.8 Å². The zero-order valence-corrected chi connectivity index (χ0v) is 14.6. The van der Waals surface area contributed by atoms with E-state index < -0.39 is 10.0 Å². The molecular formula is C15H22N4O4S. The summed E-state index contributed by atoms with van der Waals surface area (Å²) in [4.78, 5) is 20.8. The Labute approximate surface area is 141 Å². The van der Waals surface area contributed by atoms with Crippen LogP contribution in [0.25, 0.3) is 0 Å². The van der Waals surface area contributed by atoms with Gasteiger partial charge >= 0.3 is 0 Å². The van der Waals surface area contributed by atoms with Crippen molar-refractivity contribution in [3.05, 3.63) is 23.8 Å². The average molecular weight is 354 g/mol. The van der Waals surface area contributed by atoms with Crippen LogP contribution in [0.15, 0.2) is 12.4 Å². The number of rotatable bonds is 6. The molecule has 1 aliphatic heterocycles. The second-order valence-corrected chi connectivity index (χ2v) is 8.77. The molecule has 9 heteroatoms. The molecule has 132 valence electrons. The summed E-state index contributed by atoms with van der Waals surface area (Å²) in [6, 6.07) is -0.338. The summed E-state index contributed by atoms with van der Waals surface area (Å²) in [5.41, 5.74) is 0.375. The maximum Gasteiger partial charge on any atom is 0.254 e. The lowest BCUT2D eigenvalue weighted by Crippen LogP contribution is -2.43. The molecule has 1 N–H and O–H groups in total. The zero-order chi connectivity index (χ0) is 17.3. The van der Waals surface area contributed by atoms with E-state index in [1.54, 1.807) is 0 Å². The Morgan fingerprint density at radius 1 is 1.29 bits per heavy atom. The van der Waals surface area contributed by atoms with Gasteiger partial charge in [0.05, 0.1) is 30.6 Å². The fourth-order valence-corrected chi connectivity index (χ4v) is 3.77. The minimum Gasteiger partial charge on any atom is -0.379 e. The van der Waals surface area contributed by atoms with Crippen molar-refractivity contribution in [2.45, 2.75) is 24.8 Å². The molecule has 0 unspecified atom stereocenters. The van der Waals surface area contributed by atoms with E-state index in [9.17, 15) is 13.2 Å². The molecule has 0 aromatic carbocycles. The van der Waals surface area contributed by atoms with Crippen LogP contribution >= 0.6 is 0 Å². The van der Waals surface area contributed by atoms with Crippen molar-refractivity contribution in [2.75, 3.05) is 33.1 Å². The SMILES string of the molecule is CN(C)S(=O)(=O)C[C@@H]1COC[C@@H]1NC(=O)c1cnc(C2CC2)nc1. The summed E-state index contributed by atoms with van der Waals surface area (Å²) in [5.74, 6) is 0.590. The number of sulfonamides is 1. The summed E-state index contributed by atoms with van der Waals surface area (Å²) in [7, 11) is -0.351. The molecule has 0 radical (unpaired) electrons. The summed E-state index contributed by atoms with van der Waals surface area (Å²) in [6.45, 7) is 0.621. The van der Waals surface area contributed by atoms with Crippen LogP contribution in [0.3, 0.4) is 0 Å². The van der Waals surface area contributed by atoms with Gasteiger partial charge in [-0.25, -0.2) is 22.7 Å². The predicted octanol–water partition coefficient (Wildman–Crippen LogP) is -0.00980. The lowest BCUT2D eigenvalue weighted by molar-refractivity contribution is 0.0925. The van der Waals surface area contributed by atoms with Crippen molar-refractivity contribution in [2.24, 2.45) is 5.92 Å². The lowest BCUT2D eigenvalue weighted by Gasteiger charge is -2.21.